The minimum Gasteiger partial charge on any atom is -0.339 e. The van der Waals surface area contributed by atoms with Crippen molar-refractivity contribution >= 4 is 31.6 Å². The SMILES string of the molecule is Cc1ccc(C(=O)N2CCC(Cc3ccc(S(N)(=O)=O)cc3)CC2)cc1NS(C)(=O)=O. The van der Waals surface area contributed by atoms with E-state index in [-0.39, 0.29) is 10.8 Å². The second-order valence-corrected chi connectivity index (χ2v) is 11.3. The minimum absolute atomic E-state index is 0.0968. The normalized spacial score (nSPS) is 15.6. The largest absolute Gasteiger partial charge is 0.339 e. The number of primary sulfonamides is 1. The molecule has 1 aliphatic heterocycles. The number of benzene rings is 2. The van der Waals surface area contributed by atoms with Crippen molar-refractivity contribution in [2.24, 2.45) is 11.1 Å². The standard InChI is InChI=1S/C21H27N3O5S2/c1-15-3-6-18(14-20(15)23-30(2,26)27)21(25)24-11-9-17(10-12-24)13-16-4-7-19(8-5-16)31(22,28)29/h3-8,14,17,23H,9-13H2,1-2H3,(H2,22,28,29). The quantitative estimate of drug-likeness (QED) is 0.676. The average molecular weight is 466 g/mol. The van der Waals surface area contributed by atoms with E-state index in [0.717, 1.165) is 36.6 Å². The molecule has 1 aliphatic rings. The zero-order chi connectivity index (χ0) is 22.8. The first kappa shape index (κ1) is 23.2. The molecular weight excluding hydrogens is 438 g/mol. The molecule has 0 aliphatic carbocycles. The van der Waals surface area contributed by atoms with Crippen LogP contribution in [-0.2, 0) is 26.5 Å². The van der Waals surface area contributed by atoms with Crippen LogP contribution in [0.1, 0.15) is 34.3 Å². The topological polar surface area (TPSA) is 127 Å². The molecule has 0 radical (unpaired) electrons. The van der Waals surface area contributed by atoms with Gasteiger partial charge in [-0.25, -0.2) is 22.0 Å². The molecule has 1 saturated heterocycles. The Hall–Kier alpha value is -2.43. The van der Waals surface area contributed by atoms with Crippen LogP contribution in [0.5, 0.6) is 0 Å². The zero-order valence-corrected chi connectivity index (χ0v) is 19.2. The Morgan fingerprint density at radius 2 is 1.68 bits per heavy atom. The molecule has 168 valence electrons. The number of nitrogens with one attached hydrogen (secondary N) is 1. The molecule has 2 aromatic rings. The van der Waals surface area contributed by atoms with Gasteiger partial charge in [-0.2, -0.15) is 0 Å². The van der Waals surface area contributed by atoms with Gasteiger partial charge >= 0.3 is 0 Å². The fourth-order valence-corrected chi connectivity index (χ4v) is 4.87. The summed E-state index contributed by atoms with van der Waals surface area (Å²) >= 11 is 0. The Kier molecular flexibility index (Phi) is 6.73. The lowest BCUT2D eigenvalue weighted by Gasteiger charge is -2.32. The molecule has 1 amide bonds. The summed E-state index contributed by atoms with van der Waals surface area (Å²) in [5, 5.41) is 5.13. The van der Waals surface area contributed by atoms with Crippen LogP contribution in [0.25, 0.3) is 0 Å². The highest BCUT2D eigenvalue weighted by molar-refractivity contribution is 7.92. The van der Waals surface area contributed by atoms with Gasteiger partial charge < -0.3 is 4.90 Å². The van der Waals surface area contributed by atoms with Gasteiger partial charge in [0, 0.05) is 18.7 Å². The van der Waals surface area contributed by atoms with Gasteiger partial charge in [-0.1, -0.05) is 18.2 Å². The van der Waals surface area contributed by atoms with E-state index < -0.39 is 20.0 Å². The van der Waals surface area contributed by atoms with E-state index in [2.05, 4.69) is 4.72 Å². The van der Waals surface area contributed by atoms with Crippen molar-refractivity contribution in [3.63, 3.8) is 0 Å². The summed E-state index contributed by atoms with van der Waals surface area (Å²) in [7, 11) is -7.12. The number of aryl methyl sites for hydroxylation is 1. The number of nitrogens with zero attached hydrogens (tertiary/aromatic N) is 1. The highest BCUT2D eigenvalue weighted by atomic mass is 32.2. The lowest BCUT2D eigenvalue weighted by molar-refractivity contribution is 0.0690. The van der Waals surface area contributed by atoms with Gasteiger partial charge in [0.25, 0.3) is 5.91 Å². The van der Waals surface area contributed by atoms with E-state index in [1.54, 1.807) is 42.2 Å². The summed E-state index contributed by atoms with van der Waals surface area (Å²) in [6, 6.07) is 11.6. The lowest BCUT2D eigenvalue weighted by Crippen LogP contribution is -2.39. The summed E-state index contributed by atoms with van der Waals surface area (Å²) in [5.74, 6) is 0.275. The van der Waals surface area contributed by atoms with Crippen molar-refractivity contribution in [1.82, 2.24) is 4.90 Å². The van der Waals surface area contributed by atoms with Crippen LogP contribution in [0.4, 0.5) is 5.69 Å². The molecule has 31 heavy (non-hydrogen) atoms. The van der Waals surface area contributed by atoms with Crippen LogP contribution < -0.4 is 9.86 Å². The Bertz CT molecular complexity index is 1170. The van der Waals surface area contributed by atoms with E-state index >= 15 is 0 Å². The molecule has 2 aromatic carbocycles. The summed E-state index contributed by atoms with van der Waals surface area (Å²) in [6.07, 6.45) is 3.56. The first-order valence-electron chi connectivity index (χ1n) is 9.92. The molecule has 0 atom stereocenters. The third kappa shape index (κ3) is 6.28. The van der Waals surface area contributed by atoms with E-state index in [0.29, 0.717) is 30.3 Å². The predicted molar refractivity (Wildman–Crippen MR) is 120 cm³/mol. The maximum Gasteiger partial charge on any atom is 0.253 e. The van der Waals surface area contributed by atoms with Gasteiger partial charge in [-0.3, -0.25) is 9.52 Å². The molecule has 1 heterocycles. The Balaban J connectivity index is 1.60. The molecule has 0 bridgehead atoms. The zero-order valence-electron chi connectivity index (χ0n) is 17.5. The van der Waals surface area contributed by atoms with Gasteiger partial charge in [0.15, 0.2) is 0 Å². The van der Waals surface area contributed by atoms with Gasteiger partial charge in [0.05, 0.1) is 16.8 Å². The van der Waals surface area contributed by atoms with Crippen molar-refractivity contribution in [2.45, 2.75) is 31.1 Å². The second kappa shape index (κ2) is 8.97. The lowest BCUT2D eigenvalue weighted by atomic mass is 9.90. The van der Waals surface area contributed by atoms with Crippen molar-refractivity contribution in [2.75, 3.05) is 24.1 Å². The summed E-state index contributed by atoms with van der Waals surface area (Å²) in [6.45, 7) is 3.01. The molecule has 1 fully saturated rings. The minimum atomic E-state index is -3.69. The number of nitrogens with two attached hydrogens (primary N) is 1. The molecule has 0 aromatic heterocycles. The van der Waals surface area contributed by atoms with Gasteiger partial charge in [-0.05, 0) is 67.5 Å². The molecule has 0 saturated carbocycles. The van der Waals surface area contributed by atoms with Gasteiger partial charge in [-0.15, -0.1) is 0 Å². The number of rotatable bonds is 6. The van der Waals surface area contributed by atoms with Gasteiger partial charge in [0.2, 0.25) is 20.0 Å². The van der Waals surface area contributed by atoms with E-state index in [9.17, 15) is 21.6 Å². The van der Waals surface area contributed by atoms with E-state index in [1.165, 1.54) is 12.1 Å². The Morgan fingerprint density at radius 3 is 2.23 bits per heavy atom. The second-order valence-electron chi connectivity index (χ2n) is 8.03. The number of carbonyl (C=O) groups is 1. The number of likely N-dealkylation sites (tertiary alicyclic amines) is 1. The average Bonchev–Trinajstić information content (AvgIpc) is 2.68. The fourth-order valence-electron chi connectivity index (χ4n) is 3.74. The Morgan fingerprint density at radius 1 is 1.06 bits per heavy atom. The van der Waals surface area contributed by atoms with Crippen LogP contribution in [-0.4, -0.2) is 47.0 Å². The number of carbonyl (C=O) groups excluding carboxylic acids is 1. The van der Waals surface area contributed by atoms with Crippen molar-refractivity contribution in [1.29, 1.82) is 0 Å². The van der Waals surface area contributed by atoms with Crippen LogP contribution in [0.2, 0.25) is 0 Å². The molecular formula is C21H27N3O5S2. The molecule has 10 heteroatoms. The predicted octanol–water partition coefficient (Wildman–Crippen LogP) is 2.11. The van der Waals surface area contributed by atoms with Crippen molar-refractivity contribution < 1.29 is 21.6 Å². The highest BCUT2D eigenvalue weighted by Crippen LogP contribution is 2.25. The third-order valence-electron chi connectivity index (χ3n) is 5.46. The van der Waals surface area contributed by atoms with Crippen molar-refractivity contribution in [3.05, 3.63) is 59.2 Å². The number of piperidine rings is 1. The molecule has 8 nitrogen and oxygen atoms in total. The molecule has 3 N–H and O–H groups in total. The molecule has 0 unspecified atom stereocenters. The number of sulfonamides is 2. The molecule has 0 spiro atoms. The molecule has 3 rings (SSSR count). The van der Waals surface area contributed by atoms with Crippen LogP contribution >= 0.6 is 0 Å². The smallest absolute Gasteiger partial charge is 0.253 e. The number of anilines is 1. The van der Waals surface area contributed by atoms with Crippen LogP contribution in [0.15, 0.2) is 47.4 Å². The van der Waals surface area contributed by atoms with Crippen LogP contribution in [0, 0.1) is 12.8 Å². The van der Waals surface area contributed by atoms with Gasteiger partial charge in [0.1, 0.15) is 0 Å². The summed E-state index contributed by atoms with van der Waals surface area (Å²) in [4.78, 5) is 14.8. The first-order chi connectivity index (χ1) is 14.4. The first-order valence-corrected chi connectivity index (χ1v) is 13.4. The maximum atomic E-state index is 12.9. The number of hydrogen-bond donors (Lipinski definition) is 2. The third-order valence-corrected chi connectivity index (χ3v) is 6.98. The maximum absolute atomic E-state index is 12.9. The monoisotopic (exact) mass is 465 g/mol. The Labute approximate surface area is 183 Å². The fraction of sp³-hybridized carbons (Fsp3) is 0.381. The van der Waals surface area contributed by atoms with E-state index in [1.807, 2.05) is 0 Å². The number of hydrogen-bond acceptors (Lipinski definition) is 5. The summed E-state index contributed by atoms with van der Waals surface area (Å²) in [5.41, 5.74) is 2.64. The highest BCUT2D eigenvalue weighted by Gasteiger charge is 2.24. The summed E-state index contributed by atoms with van der Waals surface area (Å²) < 4.78 is 48.3. The van der Waals surface area contributed by atoms with E-state index in [4.69, 9.17) is 5.14 Å². The van der Waals surface area contributed by atoms with Crippen molar-refractivity contribution in [3.8, 4) is 0 Å². The van der Waals surface area contributed by atoms with Crippen LogP contribution in [0.3, 0.4) is 0 Å². The number of amides is 1.